The minimum Gasteiger partial charge on any atom is -0.497 e. The fourth-order valence-electron chi connectivity index (χ4n) is 2.64. The predicted molar refractivity (Wildman–Crippen MR) is 121 cm³/mol. The molecule has 0 saturated heterocycles. The lowest BCUT2D eigenvalue weighted by molar-refractivity contribution is 0.262. The molecule has 8 nitrogen and oxygen atoms in total. The third-order valence-electron chi connectivity index (χ3n) is 4.18. The molecule has 3 aromatic carbocycles. The summed E-state index contributed by atoms with van der Waals surface area (Å²) in [4.78, 5) is 12.1. The van der Waals surface area contributed by atoms with Crippen LogP contribution in [0.1, 0.15) is 0 Å². The van der Waals surface area contributed by atoms with E-state index in [1.165, 1.54) is 44.6 Å². The second-order valence-electron chi connectivity index (χ2n) is 6.28. The zero-order valence-corrected chi connectivity index (χ0v) is 18.3. The van der Waals surface area contributed by atoms with Gasteiger partial charge in [0.1, 0.15) is 11.5 Å². The van der Waals surface area contributed by atoms with E-state index in [-0.39, 0.29) is 10.6 Å². The van der Waals surface area contributed by atoms with Crippen LogP contribution >= 0.6 is 11.6 Å². The minimum absolute atomic E-state index is 0.0148. The van der Waals surface area contributed by atoms with Gasteiger partial charge >= 0.3 is 6.03 Å². The Kier molecular flexibility index (Phi) is 6.88. The number of carbonyl (C=O) groups is 1. The summed E-state index contributed by atoms with van der Waals surface area (Å²) in [7, 11) is -0.974. The lowest BCUT2D eigenvalue weighted by Gasteiger charge is -2.13. The van der Waals surface area contributed by atoms with Crippen LogP contribution in [0.4, 0.5) is 21.9 Å². The molecule has 0 saturated carbocycles. The number of ether oxygens (including phenoxy) is 2. The number of hydrogen-bond donors (Lipinski definition) is 3. The van der Waals surface area contributed by atoms with Crippen molar-refractivity contribution in [2.24, 2.45) is 0 Å². The van der Waals surface area contributed by atoms with E-state index in [1.54, 1.807) is 36.4 Å². The summed E-state index contributed by atoms with van der Waals surface area (Å²) < 4.78 is 38.3. The SMILES string of the molecule is COc1ccc(OC)c(NS(=O)(=O)c2ccc(NC(=O)Nc3ccc(Cl)cc3)cc2)c1. The first-order valence-electron chi connectivity index (χ1n) is 8.99. The number of nitrogens with one attached hydrogen (secondary N) is 3. The molecule has 3 rings (SSSR count). The molecule has 0 bridgehead atoms. The number of sulfonamides is 1. The van der Waals surface area contributed by atoms with Crippen LogP contribution in [0.2, 0.25) is 5.02 Å². The van der Waals surface area contributed by atoms with Crippen LogP contribution in [-0.4, -0.2) is 28.7 Å². The Labute approximate surface area is 185 Å². The van der Waals surface area contributed by atoms with Crippen molar-refractivity contribution in [2.75, 3.05) is 29.6 Å². The standard InChI is InChI=1S/C21H20ClN3O5S/c1-29-17-9-12-20(30-2)19(13-17)25-31(27,28)18-10-7-16(8-11-18)24-21(26)23-15-5-3-14(22)4-6-15/h3-13,25H,1-2H3,(H2,23,24,26). The summed E-state index contributed by atoms with van der Waals surface area (Å²) in [6, 6.07) is 16.7. The molecule has 0 aromatic heterocycles. The van der Waals surface area contributed by atoms with Gasteiger partial charge in [0.2, 0.25) is 0 Å². The Morgan fingerprint density at radius 1 is 0.839 bits per heavy atom. The quantitative estimate of drug-likeness (QED) is 0.468. The molecule has 0 radical (unpaired) electrons. The fraction of sp³-hybridized carbons (Fsp3) is 0.0952. The van der Waals surface area contributed by atoms with Crippen molar-refractivity contribution in [1.82, 2.24) is 0 Å². The average Bonchev–Trinajstić information content (AvgIpc) is 2.75. The van der Waals surface area contributed by atoms with Crippen molar-refractivity contribution >= 4 is 44.7 Å². The third kappa shape index (κ3) is 5.80. The molecule has 2 amide bonds. The Hall–Kier alpha value is -3.43. The predicted octanol–water partition coefficient (Wildman–Crippen LogP) is 4.80. The molecule has 0 fully saturated rings. The van der Waals surface area contributed by atoms with E-state index in [2.05, 4.69) is 15.4 Å². The number of halogens is 1. The highest BCUT2D eigenvalue weighted by Gasteiger charge is 2.17. The molecule has 0 unspecified atom stereocenters. The first kappa shape index (κ1) is 22.3. The van der Waals surface area contributed by atoms with Gasteiger partial charge in [-0.3, -0.25) is 4.72 Å². The summed E-state index contributed by atoms with van der Waals surface area (Å²) in [6.07, 6.45) is 0. The molecular weight excluding hydrogens is 442 g/mol. The first-order valence-corrected chi connectivity index (χ1v) is 10.9. The van der Waals surface area contributed by atoms with Gasteiger partial charge < -0.3 is 20.1 Å². The second kappa shape index (κ2) is 9.59. The van der Waals surface area contributed by atoms with Gasteiger partial charge in [0.15, 0.2) is 0 Å². The molecule has 0 spiro atoms. The highest BCUT2D eigenvalue weighted by atomic mass is 35.5. The summed E-state index contributed by atoms with van der Waals surface area (Å²) in [5.41, 5.74) is 1.23. The minimum atomic E-state index is -3.90. The van der Waals surface area contributed by atoms with Crippen LogP contribution in [0.15, 0.2) is 71.6 Å². The molecule has 10 heteroatoms. The van der Waals surface area contributed by atoms with Crippen molar-refractivity contribution in [3.05, 3.63) is 71.8 Å². The topological polar surface area (TPSA) is 106 Å². The Morgan fingerprint density at radius 3 is 1.97 bits per heavy atom. The van der Waals surface area contributed by atoms with Gasteiger partial charge in [0, 0.05) is 22.5 Å². The van der Waals surface area contributed by atoms with Crippen LogP contribution in [0.5, 0.6) is 11.5 Å². The van der Waals surface area contributed by atoms with Gasteiger partial charge in [-0.05, 0) is 60.7 Å². The highest BCUT2D eigenvalue weighted by molar-refractivity contribution is 7.92. The van der Waals surface area contributed by atoms with Crippen LogP contribution < -0.4 is 24.8 Å². The summed E-state index contributed by atoms with van der Waals surface area (Å²) in [5.74, 6) is 0.825. The molecule has 3 N–H and O–H groups in total. The van der Waals surface area contributed by atoms with E-state index >= 15 is 0 Å². The van der Waals surface area contributed by atoms with E-state index in [1.807, 2.05) is 0 Å². The number of hydrogen-bond acceptors (Lipinski definition) is 5. The zero-order valence-electron chi connectivity index (χ0n) is 16.7. The zero-order chi connectivity index (χ0) is 22.4. The van der Waals surface area contributed by atoms with Gasteiger partial charge in [0.05, 0.1) is 24.8 Å². The van der Waals surface area contributed by atoms with Gasteiger partial charge in [-0.15, -0.1) is 0 Å². The fourth-order valence-corrected chi connectivity index (χ4v) is 3.83. The van der Waals surface area contributed by atoms with E-state index < -0.39 is 16.1 Å². The van der Waals surface area contributed by atoms with Gasteiger partial charge in [-0.2, -0.15) is 0 Å². The molecule has 31 heavy (non-hydrogen) atoms. The molecule has 0 atom stereocenters. The van der Waals surface area contributed by atoms with Crippen molar-refractivity contribution < 1.29 is 22.7 Å². The Bertz CT molecular complexity index is 1170. The first-order chi connectivity index (χ1) is 14.8. The smallest absolute Gasteiger partial charge is 0.323 e. The van der Waals surface area contributed by atoms with Crippen molar-refractivity contribution in [2.45, 2.75) is 4.90 Å². The normalized spacial score (nSPS) is 10.8. The molecule has 0 heterocycles. The van der Waals surface area contributed by atoms with Crippen LogP contribution in [0.3, 0.4) is 0 Å². The lowest BCUT2D eigenvalue weighted by atomic mass is 10.3. The maximum atomic E-state index is 12.8. The molecule has 0 aliphatic rings. The van der Waals surface area contributed by atoms with E-state index in [0.29, 0.717) is 27.9 Å². The summed E-state index contributed by atoms with van der Waals surface area (Å²) >= 11 is 5.82. The molecule has 0 aliphatic carbocycles. The summed E-state index contributed by atoms with van der Waals surface area (Å²) in [6.45, 7) is 0. The van der Waals surface area contributed by atoms with Crippen molar-refractivity contribution in [3.8, 4) is 11.5 Å². The number of rotatable bonds is 7. The number of methoxy groups -OCH3 is 2. The van der Waals surface area contributed by atoms with E-state index in [4.69, 9.17) is 21.1 Å². The van der Waals surface area contributed by atoms with Crippen molar-refractivity contribution in [3.63, 3.8) is 0 Å². The molecule has 3 aromatic rings. The average molecular weight is 462 g/mol. The summed E-state index contributed by atoms with van der Waals surface area (Å²) in [5, 5.41) is 5.84. The number of anilines is 3. The molecular formula is C21H20ClN3O5S. The number of benzene rings is 3. The van der Waals surface area contributed by atoms with Crippen LogP contribution in [0, 0.1) is 0 Å². The number of urea groups is 1. The van der Waals surface area contributed by atoms with E-state index in [0.717, 1.165) is 0 Å². The highest BCUT2D eigenvalue weighted by Crippen LogP contribution is 2.31. The van der Waals surface area contributed by atoms with Crippen LogP contribution in [-0.2, 0) is 10.0 Å². The maximum Gasteiger partial charge on any atom is 0.323 e. The third-order valence-corrected chi connectivity index (χ3v) is 5.81. The maximum absolute atomic E-state index is 12.8. The molecule has 162 valence electrons. The Morgan fingerprint density at radius 2 is 1.42 bits per heavy atom. The molecule has 0 aliphatic heterocycles. The Balaban J connectivity index is 1.70. The lowest BCUT2D eigenvalue weighted by Crippen LogP contribution is -2.19. The van der Waals surface area contributed by atoms with Gasteiger partial charge in [0.25, 0.3) is 10.0 Å². The number of carbonyl (C=O) groups excluding carboxylic acids is 1. The van der Waals surface area contributed by atoms with Gasteiger partial charge in [-0.25, -0.2) is 13.2 Å². The number of amides is 2. The largest absolute Gasteiger partial charge is 0.497 e. The van der Waals surface area contributed by atoms with Gasteiger partial charge in [-0.1, -0.05) is 11.6 Å². The second-order valence-corrected chi connectivity index (χ2v) is 8.40. The van der Waals surface area contributed by atoms with Crippen LogP contribution in [0.25, 0.3) is 0 Å². The van der Waals surface area contributed by atoms with E-state index in [9.17, 15) is 13.2 Å². The van der Waals surface area contributed by atoms with Crippen molar-refractivity contribution in [1.29, 1.82) is 0 Å². The monoisotopic (exact) mass is 461 g/mol.